The molecule has 0 heterocycles. The van der Waals surface area contributed by atoms with E-state index in [0.29, 0.717) is 11.8 Å². The van der Waals surface area contributed by atoms with E-state index in [-0.39, 0.29) is 0 Å². The maximum absolute atomic E-state index is 6.35. The van der Waals surface area contributed by atoms with E-state index in [1.54, 1.807) is 0 Å². The Hall–Kier alpha value is -0.530. The zero-order valence-electron chi connectivity index (χ0n) is 12.6. The predicted molar refractivity (Wildman–Crippen MR) is 86.0 cm³/mol. The minimum Gasteiger partial charge on any atom is -0.316 e. The van der Waals surface area contributed by atoms with Crippen molar-refractivity contribution in [3.8, 4) is 0 Å². The molecule has 1 aromatic rings. The molecule has 0 radical (unpaired) electrons. The molecule has 2 heteroatoms. The fraction of sp³-hybridized carbons (Fsp3) is 0.647. The van der Waals surface area contributed by atoms with Gasteiger partial charge in [-0.25, -0.2) is 0 Å². The molecular weight excluding hydrogens is 254 g/mol. The Bertz CT molecular complexity index is 349. The van der Waals surface area contributed by atoms with Gasteiger partial charge in [0, 0.05) is 11.6 Å². The van der Waals surface area contributed by atoms with Gasteiger partial charge in [0.1, 0.15) is 0 Å². The van der Waals surface area contributed by atoms with Crippen LogP contribution in [0.3, 0.4) is 0 Å². The number of halogens is 1. The van der Waals surface area contributed by atoms with Crippen LogP contribution in [0.1, 0.15) is 57.9 Å². The maximum Gasteiger partial charge on any atom is 0.0441 e. The lowest BCUT2D eigenvalue weighted by atomic mass is 9.93. The van der Waals surface area contributed by atoms with Gasteiger partial charge in [-0.1, -0.05) is 69.8 Å². The smallest absolute Gasteiger partial charge is 0.0441 e. The topological polar surface area (TPSA) is 12.0 Å². The van der Waals surface area contributed by atoms with E-state index in [4.69, 9.17) is 11.6 Å². The number of hydrogen-bond donors (Lipinski definition) is 1. The molecule has 1 unspecified atom stereocenters. The summed E-state index contributed by atoms with van der Waals surface area (Å²) in [5.74, 6) is 1.24. The van der Waals surface area contributed by atoms with Gasteiger partial charge in [-0.05, 0) is 36.4 Å². The first kappa shape index (κ1) is 16.5. The molecule has 0 saturated heterocycles. The van der Waals surface area contributed by atoms with Gasteiger partial charge in [-0.3, -0.25) is 0 Å². The molecule has 1 aromatic carbocycles. The molecule has 0 spiro atoms. The van der Waals surface area contributed by atoms with Gasteiger partial charge >= 0.3 is 0 Å². The SMILES string of the molecule is CCCCCC(CNCC(C)C)c1ccccc1Cl. The van der Waals surface area contributed by atoms with E-state index < -0.39 is 0 Å². The second kappa shape index (κ2) is 9.39. The van der Waals surface area contributed by atoms with E-state index in [1.165, 1.54) is 31.2 Å². The highest BCUT2D eigenvalue weighted by molar-refractivity contribution is 6.31. The molecule has 0 aromatic heterocycles. The minimum absolute atomic E-state index is 0.541. The fourth-order valence-electron chi connectivity index (χ4n) is 2.36. The highest BCUT2D eigenvalue weighted by Gasteiger charge is 2.14. The molecule has 0 aliphatic rings. The molecule has 0 aliphatic heterocycles. The number of nitrogens with one attached hydrogen (secondary N) is 1. The van der Waals surface area contributed by atoms with Crippen molar-refractivity contribution in [2.75, 3.05) is 13.1 Å². The van der Waals surface area contributed by atoms with E-state index >= 15 is 0 Å². The summed E-state index contributed by atoms with van der Waals surface area (Å²) in [6.07, 6.45) is 5.10. The van der Waals surface area contributed by atoms with Crippen LogP contribution in [0.5, 0.6) is 0 Å². The lowest BCUT2D eigenvalue weighted by molar-refractivity contribution is 0.486. The molecule has 1 nitrogen and oxygen atoms in total. The van der Waals surface area contributed by atoms with Crippen molar-refractivity contribution < 1.29 is 0 Å². The highest BCUT2D eigenvalue weighted by atomic mass is 35.5. The van der Waals surface area contributed by atoms with Gasteiger partial charge in [-0.15, -0.1) is 0 Å². The number of unbranched alkanes of at least 4 members (excludes halogenated alkanes) is 2. The van der Waals surface area contributed by atoms with E-state index in [0.717, 1.165) is 18.1 Å². The van der Waals surface area contributed by atoms with Crippen molar-refractivity contribution in [1.29, 1.82) is 0 Å². The molecule has 108 valence electrons. The predicted octanol–water partition coefficient (Wildman–Crippen LogP) is 5.25. The van der Waals surface area contributed by atoms with Crippen LogP contribution >= 0.6 is 11.6 Å². The first-order chi connectivity index (χ1) is 9.15. The quantitative estimate of drug-likeness (QED) is 0.610. The Kier molecular flexibility index (Phi) is 8.16. The third kappa shape index (κ3) is 6.44. The van der Waals surface area contributed by atoms with Gasteiger partial charge in [0.15, 0.2) is 0 Å². The number of rotatable bonds is 9. The Morgan fingerprint density at radius 2 is 1.84 bits per heavy atom. The number of hydrogen-bond acceptors (Lipinski definition) is 1. The van der Waals surface area contributed by atoms with Gasteiger partial charge in [0.05, 0.1) is 0 Å². The fourth-order valence-corrected chi connectivity index (χ4v) is 2.65. The maximum atomic E-state index is 6.35. The Morgan fingerprint density at radius 1 is 1.11 bits per heavy atom. The Morgan fingerprint density at radius 3 is 2.47 bits per heavy atom. The summed E-state index contributed by atoms with van der Waals surface area (Å²) >= 11 is 6.35. The molecule has 1 N–H and O–H groups in total. The van der Waals surface area contributed by atoms with Crippen LogP contribution in [-0.4, -0.2) is 13.1 Å². The zero-order chi connectivity index (χ0) is 14.1. The van der Waals surface area contributed by atoms with Crippen LogP contribution in [-0.2, 0) is 0 Å². The van der Waals surface area contributed by atoms with Crippen molar-refractivity contribution >= 4 is 11.6 Å². The molecule has 0 amide bonds. The summed E-state index contributed by atoms with van der Waals surface area (Å²) in [5, 5.41) is 4.49. The highest BCUT2D eigenvalue weighted by Crippen LogP contribution is 2.28. The van der Waals surface area contributed by atoms with Gasteiger partial charge in [0.25, 0.3) is 0 Å². The monoisotopic (exact) mass is 281 g/mol. The molecule has 1 rings (SSSR count). The number of benzene rings is 1. The van der Waals surface area contributed by atoms with Gasteiger partial charge < -0.3 is 5.32 Å². The van der Waals surface area contributed by atoms with Crippen molar-refractivity contribution in [3.63, 3.8) is 0 Å². The Labute approximate surface area is 123 Å². The van der Waals surface area contributed by atoms with Crippen LogP contribution in [0.2, 0.25) is 5.02 Å². The molecule has 19 heavy (non-hydrogen) atoms. The summed E-state index contributed by atoms with van der Waals surface area (Å²) in [6.45, 7) is 8.85. The van der Waals surface area contributed by atoms with Crippen LogP contribution < -0.4 is 5.32 Å². The van der Waals surface area contributed by atoms with E-state index in [1.807, 2.05) is 12.1 Å². The van der Waals surface area contributed by atoms with E-state index in [2.05, 4.69) is 38.2 Å². The molecule has 0 aliphatic carbocycles. The molecule has 1 atom stereocenters. The normalized spacial score (nSPS) is 12.9. The largest absolute Gasteiger partial charge is 0.316 e. The van der Waals surface area contributed by atoms with Gasteiger partial charge in [-0.2, -0.15) is 0 Å². The zero-order valence-corrected chi connectivity index (χ0v) is 13.3. The molecule has 0 fully saturated rings. The lowest BCUT2D eigenvalue weighted by Crippen LogP contribution is -2.25. The third-order valence-electron chi connectivity index (χ3n) is 3.44. The summed E-state index contributed by atoms with van der Waals surface area (Å²) in [5.41, 5.74) is 1.30. The summed E-state index contributed by atoms with van der Waals surface area (Å²) in [6, 6.07) is 8.29. The molecular formula is C17H28ClN. The van der Waals surface area contributed by atoms with Crippen LogP contribution in [0.15, 0.2) is 24.3 Å². The second-order valence-electron chi connectivity index (χ2n) is 5.77. The van der Waals surface area contributed by atoms with Crippen LogP contribution in [0.4, 0.5) is 0 Å². The minimum atomic E-state index is 0.541. The summed E-state index contributed by atoms with van der Waals surface area (Å²) in [4.78, 5) is 0. The first-order valence-electron chi connectivity index (χ1n) is 7.60. The van der Waals surface area contributed by atoms with Crippen LogP contribution in [0.25, 0.3) is 0 Å². The average Bonchev–Trinajstić information content (AvgIpc) is 2.37. The van der Waals surface area contributed by atoms with Crippen molar-refractivity contribution in [2.45, 2.75) is 52.4 Å². The van der Waals surface area contributed by atoms with Crippen molar-refractivity contribution in [1.82, 2.24) is 5.32 Å². The first-order valence-corrected chi connectivity index (χ1v) is 7.98. The van der Waals surface area contributed by atoms with Crippen molar-refractivity contribution in [2.24, 2.45) is 5.92 Å². The van der Waals surface area contributed by atoms with E-state index in [9.17, 15) is 0 Å². The Balaban J connectivity index is 2.60. The standard InChI is InChI=1S/C17H28ClN/c1-4-5-6-9-15(13-19-12-14(2)3)16-10-7-8-11-17(16)18/h7-8,10-11,14-15,19H,4-6,9,12-13H2,1-3H3. The summed E-state index contributed by atoms with van der Waals surface area (Å²) < 4.78 is 0. The summed E-state index contributed by atoms with van der Waals surface area (Å²) in [7, 11) is 0. The van der Waals surface area contributed by atoms with Gasteiger partial charge in [0.2, 0.25) is 0 Å². The van der Waals surface area contributed by atoms with Crippen LogP contribution in [0, 0.1) is 5.92 Å². The molecule has 0 saturated carbocycles. The third-order valence-corrected chi connectivity index (χ3v) is 3.79. The molecule has 0 bridgehead atoms. The lowest BCUT2D eigenvalue weighted by Gasteiger charge is -2.20. The average molecular weight is 282 g/mol. The second-order valence-corrected chi connectivity index (χ2v) is 6.17. The van der Waals surface area contributed by atoms with Crippen molar-refractivity contribution in [3.05, 3.63) is 34.9 Å².